The van der Waals surface area contributed by atoms with Gasteiger partial charge in [0.1, 0.15) is 0 Å². The highest BCUT2D eigenvalue weighted by Gasteiger charge is 2.34. The molecule has 0 atom stereocenters. The van der Waals surface area contributed by atoms with Crippen molar-refractivity contribution in [2.24, 2.45) is 5.41 Å². The van der Waals surface area contributed by atoms with E-state index >= 15 is 0 Å². The van der Waals surface area contributed by atoms with Crippen LogP contribution in [0.4, 0.5) is 5.69 Å². The first-order valence-electron chi connectivity index (χ1n) is 7.07. The molecule has 1 aliphatic rings. The molecule has 0 heterocycles. The minimum absolute atomic E-state index is 0.501. The van der Waals surface area contributed by atoms with Crippen molar-refractivity contribution in [1.29, 1.82) is 0 Å². The molecule has 2 rings (SSSR count). The van der Waals surface area contributed by atoms with E-state index in [1.807, 2.05) is 0 Å². The lowest BCUT2D eigenvalue weighted by atomic mass is 9.88. The highest BCUT2D eigenvalue weighted by atomic mass is 79.9. The first-order chi connectivity index (χ1) is 8.69. The Kier molecular flexibility index (Phi) is 4.71. The molecule has 1 aliphatic carbocycles. The number of halogens is 1. The van der Waals surface area contributed by atoms with Crippen LogP contribution in [0.3, 0.4) is 0 Å². The SMILES string of the molecule is CCN(CC1(CBr)CCCC1)c1ccc(C)cc1. The van der Waals surface area contributed by atoms with Crippen molar-refractivity contribution < 1.29 is 0 Å². The smallest absolute Gasteiger partial charge is 0.0366 e. The first kappa shape index (κ1) is 13.9. The summed E-state index contributed by atoms with van der Waals surface area (Å²) >= 11 is 3.75. The van der Waals surface area contributed by atoms with Crippen LogP contribution in [0, 0.1) is 12.3 Å². The maximum absolute atomic E-state index is 3.75. The third kappa shape index (κ3) is 3.09. The van der Waals surface area contributed by atoms with Gasteiger partial charge in [-0.3, -0.25) is 0 Å². The fourth-order valence-corrected chi connectivity index (χ4v) is 3.74. The van der Waals surface area contributed by atoms with E-state index in [0.717, 1.165) is 11.9 Å². The normalized spacial score (nSPS) is 17.9. The highest BCUT2D eigenvalue weighted by Crippen LogP contribution is 2.41. The minimum atomic E-state index is 0.501. The second kappa shape index (κ2) is 6.10. The van der Waals surface area contributed by atoms with Gasteiger partial charge in [-0.25, -0.2) is 0 Å². The molecule has 2 heteroatoms. The molecule has 0 aliphatic heterocycles. The van der Waals surface area contributed by atoms with Gasteiger partial charge >= 0.3 is 0 Å². The quantitative estimate of drug-likeness (QED) is 0.708. The lowest BCUT2D eigenvalue weighted by Gasteiger charge is -2.35. The summed E-state index contributed by atoms with van der Waals surface area (Å²) in [4.78, 5) is 2.53. The first-order valence-corrected chi connectivity index (χ1v) is 8.19. The molecule has 1 saturated carbocycles. The minimum Gasteiger partial charge on any atom is -0.371 e. The van der Waals surface area contributed by atoms with Crippen molar-refractivity contribution in [3.8, 4) is 0 Å². The zero-order valence-electron chi connectivity index (χ0n) is 11.6. The summed E-state index contributed by atoms with van der Waals surface area (Å²) in [5.41, 5.74) is 3.21. The maximum Gasteiger partial charge on any atom is 0.0366 e. The standard InChI is InChI=1S/C16H24BrN/c1-3-18(15-8-6-14(2)7-9-15)13-16(12-17)10-4-5-11-16/h6-9H,3-5,10-13H2,1-2H3. The van der Waals surface area contributed by atoms with Gasteiger partial charge in [-0.1, -0.05) is 46.5 Å². The summed E-state index contributed by atoms with van der Waals surface area (Å²) in [6, 6.07) is 8.95. The zero-order chi connectivity index (χ0) is 13.0. The van der Waals surface area contributed by atoms with Crippen LogP contribution in [0.25, 0.3) is 0 Å². The van der Waals surface area contributed by atoms with E-state index in [9.17, 15) is 0 Å². The van der Waals surface area contributed by atoms with Crippen LogP contribution < -0.4 is 4.90 Å². The summed E-state index contributed by atoms with van der Waals surface area (Å²) in [5.74, 6) is 0. The summed E-state index contributed by atoms with van der Waals surface area (Å²) in [6.45, 7) is 6.70. The molecule has 1 nitrogen and oxygen atoms in total. The van der Waals surface area contributed by atoms with Crippen molar-refractivity contribution >= 4 is 21.6 Å². The molecular formula is C16H24BrN. The summed E-state index contributed by atoms with van der Waals surface area (Å²) in [5, 5.41) is 1.14. The van der Waals surface area contributed by atoms with Crippen LogP contribution in [-0.2, 0) is 0 Å². The molecular weight excluding hydrogens is 286 g/mol. The molecule has 100 valence electrons. The Morgan fingerprint density at radius 3 is 2.28 bits per heavy atom. The van der Waals surface area contributed by atoms with E-state index in [4.69, 9.17) is 0 Å². The van der Waals surface area contributed by atoms with Gasteiger partial charge in [0.15, 0.2) is 0 Å². The Hall–Kier alpha value is -0.500. The Balaban J connectivity index is 2.11. The number of alkyl halides is 1. The molecule has 1 aromatic rings. The van der Waals surface area contributed by atoms with Gasteiger partial charge in [0.2, 0.25) is 0 Å². The molecule has 1 aromatic carbocycles. The number of rotatable bonds is 5. The monoisotopic (exact) mass is 309 g/mol. The van der Waals surface area contributed by atoms with Crippen molar-refractivity contribution in [1.82, 2.24) is 0 Å². The lowest BCUT2D eigenvalue weighted by molar-refractivity contribution is 0.351. The third-order valence-corrected chi connectivity index (χ3v) is 5.44. The molecule has 1 fully saturated rings. The highest BCUT2D eigenvalue weighted by molar-refractivity contribution is 9.09. The van der Waals surface area contributed by atoms with E-state index < -0.39 is 0 Å². The van der Waals surface area contributed by atoms with Gasteiger partial charge in [0.25, 0.3) is 0 Å². The largest absolute Gasteiger partial charge is 0.371 e. The van der Waals surface area contributed by atoms with Crippen LogP contribution in [0.2, 0.25) is 0 Å². The van der Waals surface area contributed by atoms with Gasteiger partial charge in [-0.15, -0.1) is 0 Å². The van der Waals surface area contributed by atoms with Crippen LogP contribution in [-0.4, -0.2) is 18.4 Å². The van der Waals surface area contributed by atoms with Crippen molar-refractivity contribution in [3.05, 3.63) is 29.8 Å². The number of nitrogens with zero attached hydrogens (tertiary/aromatic N) is 1. The number of hydrogen-bond acceptors (Lipinski definition) is 1. The fraction of sp³-hybridized carbons (Fsp3) is 0.625. The topological polar surface area (TPSA) is 3.24 Å². The Labute approximate surface area is 120 Å². The molecule has 0 bridgehead atoms. The summed E-state index contributed by atoms with van der Waals surface area (Å²) in [6.07, 6.45) is 5.55. The predicted octanol–water partition coefficient (Wildman–Crippen LogP) is 4.78. The van der Waals surface area contributed by atoms with E-state index in [1.165, 1.54) is 43.5 Å². The molecule has 0 amide bonds. The Morgan fingerprint density at radius 1 is 1.17 bits per heavy atom. The van der Waals surface area contributed by atoms with Crippen molar-refractivity contribution in [2.45, 2.75) is 39.5 Å². The number of hydrogen-bond donors (Lipinski definition) is 0. The summed E-state index contributed by atoms with van der Waals surface area (Å²) in [7, 11) is 0. The third-order valence-electron chi connectivity index (χ3n) is 4.25. The average Bonchev–Trinajstić information content (AvgIpc) is 2.86. The molecule has 0 radical (unpaired) electrons. The van der Waals surface area contributed by atoms with Crippen LogP contribution >= 0.6 is 15.9 Å². The van der Waals surface area contributed by atoms with E-state index in [-0.39, 0.29) is 0 Å². The van der Waals surface area contributed by atoms with E-state index in [1.54, 1.807) is 0 Å². The number of anilines is 1. The molecule has 0 saturated heterocycles. The van der Waals surface area contributed by atoms with Gasteiger partial charge in [0, 0.05) is 24.1 Å². The van der Waals surface area contributed by atoms with Crippen LogP contribution in [0.1, 0.15) is 38.2 Å². The Morgan fingerprint density at radius 2 is 1.78 bits per heavy atom. The van der Waals surface area contributed by atoms with E-state index in [2.05, 4.69) is 58.9 Å². The lowest BCUT2D eigenvalue weighted by Crippen LogP contribution is -2.37. The van der Waals surface area contributed by atoms with E-state index in [0.29, 0.717) is 5.41 Å². The van der Waals surface area contributed by atoms with Crippen molar-refractivity contribution in [3.63, 3.8) is 0 Å². The average molecular weight is 310 g/mol. The van der Waals surface area contributed by atoms with Gasteiger partial charge in [0.05, 0.1) is 0 Å². The number of aryl methyl sites for hydroxylation is 1. The molecule has 0 unspecified atom stereocenters. The second-order valence-corrected chi connectivity index (χ2v) is 6.25. The van der Waals surface area contributed by atoms with Gasteiger partial charge in [-0.05, 0) is 44.2 Å². The number of benzene rings is 1. The zero-order valence-corrected chi connectivity index (χ0v) is 13.2. The van der Waals surface area contributed by atoms with Crippen LogP contribution in [0.15, 0.2) is 24.3 Å². The maximum atomic E-state index is 3.75. The predicted molar refractivity (Wildman–Crippen MR) is 83.8 cm³/mol. The Bertz CT molecular complexity index is 365. The van der Waals surface area contributed by atoms with Crippen molar-refractivity contribution in [2.75, 3.05) is 23.3 Å². The molecule has 18 heavy (non-hydrogen) atoms. The second-order valence-electron chi connectivity index (χ2n) is 5.69. The molecule has 0 N–H and O–H groups in total. The van der Waals surface area contributed by atoms with Gasteiger partial charge < -0.3 is 4.90 Å². The molecule has 0 aromatic heterocycles. The fourth-order valence-electron chi connectivity index (χ4n) is 3.01. The van der Waals surface area contributed by atoms with Crippen LogP contribution in [0.5, 0.6) is 0 Å². The molecule has 0 spiro atoms. The summed E-state index contributed by atoms with van der Waals surface area (Å²) < 4.78 is 0. The van der Waals surface area contributed by atoms with Gasteiger partial charge in [-0.2, -0.15) is 0 Å².